The second-order valence-corrected chi connectivity index (χ2v) is 8.76. The van der Waals surface area contributed by atoms with Gasteiger partial charge in [0.1, 0.15) is 4.32 Å². The fourth-order valence-corrected chi connectivity index (χ4v) is 4.11. The third-order valence-electron chi connectivity index (χ3n) is 4.60. The highest BCUT2D eigenvalue weighted by atomic mass is 32.2. The van der Waals surface area contributed by atoms with Gasteiger partial charge in [0.05, 0.1) is 11.6 Å². The lowest BCUT2D eigenvalue weighted by Gasteiger charge is -2.17. The lowest BCUT2D eigenvalue weighted by Crippen LogP contribution is -2.33. The number of benzene rings is 2. The molecule has 0 bridgehead atoms. The summed E-state index contributed by atoms with van der Waals surface area (Å²) in [5, 5.41) is 3.34. The van der Waals surface area contributed by atoms with E-state index in [1.54, 1.807) is 4.90 Å². The molecule has 3 nitrogen and oxygen atoms in total. The molecule has 2 aromatic rings. The average molecular weight is 397 g/mol. The van der Waals surface area contributed by atoms with Crippen LogP contribution >= 0.6 is 24.0 Å². The summed E-state index contributed by atoms with van der Waals surface area (Å²) >= 11 is 6.79. The molecule has 0 radical (unpaired) electrons. The van der Waals surface area contributed by atoms with Crippen LogP contribution in [0.2, 0.25) is 0 Å². The lowest BCUT2D eigenvalue weighted by molar-refractivity contribution is -0.121. The summed E-state index contributed by atoms with van der Waals surface area (Å²) in [6, 6.07) is 14.6. The van der Waals surface area contributed by atoms with E-state index >= 15 is 0 Å². The predicted molar refractivity (Wildman–Crippen MR) is 120 cm³/mol. The largest absolute Gasteiger partial charge is 0.367 e. The minimum atomic E-state index is -0.0456. The SMILES string of the molecule is Cc1ccc(C)c(NCN2C(=O)C(=Cc3ccc(C(C)C)cc3)SC2=S)c1. The lowest BCUT2D eigenvalue weighted by atomic mass is 10.0. The summed E-state index contributed by atoms with van der Waals surface area (Å²) in [4.78, 5) is 15.1. The van der Waals surface area contributed by atoms with Gasteiger partial charge in [-0.15, -0.1) is 0 Å². The van der Waals surface area contributed by atoms with Gasteiger partial charge in [0, 0.05) is 5.69 Å². The summed E-state index contributed by atoms with van der Waals surface area (Å²) in [5.41, 5.74) is 5.65. The van der Waals surface area contributed by atoms with E-state index < -0.39 is 0 Å². The number of hydrogen-bond donors (Lipinski definition) is 1. The van der Waals surface area contributed by atoms with E-state index in [-0.39, 0.29) is 5.91 Å². The Kier molecular flexibility index (Phi) is 6.02. The Morgan fingerprint density at radius 1 is 1.15 bits per heavy atom. The van der Waals surface area contributed by atoms with Crippen molar-refractivity contribution in [1.82, 2.24) is 4.90 Å². The van der Waals surface area contributed by atoms with Crippen LogP contribution in [-0.4, -0.2) is 21.8 Å². The molecule has 27 heavy (non-hydrogen) atoms. The number of carbonyl (C=O) groups is 1. The number of anilines is 1. The molecule has 1 heterocycles. The number of nitrogens with zero attached hydrogens (tertiary/aromatic N) is 1. The van der Waals surface area contributed by atoms with E-state index in [0.717, 1.165) is 16.8 Å². The summed E-state index contributed by atoms with van der Waals surface area (Å²) < 4.78 is 0.586. The van der Waals surface area contributed by atoms with Crippen LogP contribution in [0.4, 0.5) is 5.69 Å². The number of rotatable bonds is 5. The van der Waals surface area contributed by atoms with Crippen molar-refractivity contribution in [3.63, 3.8) is 0 Å². The van der Waals surface area contributed by atoms with Crippen molar-refractivity contribution in [2.45, 2.75) is 33.6 Å². The van der Waals surface area contributed by atoms with Gasteiger partial charge in [0.2, 0.25) is 0 Å². The Morgan fingerprint density at radius 3 is 2.52 bits per heavy atom. The average Bonchev–Trinajstić information content (AvgIpc) is 2.89. The molecule has 1 aliphatic rings. The number of aryl methyl sites for hydroxylation is 2. The minimum Gasteiger partial charge on any atom is -0.367 e. The van der Waals surface area contributed by atoms with Crippen molar-refractivity contribution in [3.05, 3.63) is 69.6 Å². The van der Waals surface area contributed by atoms with Gasteiger partial charge in [-0.05, 0) is 54.2 Å². The minimum absolute atomic E-state index is 0.0456. The predicted octanol–water partition coefficient (Wildman–Crippen LogP) is 5.70. The van der Waals surface area contributed by atoms with Crippen LogP contribution in [0.25, 0.3) is 6.08 Å². The standard InChI is InChI=1S/C22H24N2OS2/c1-14(2)18-9-7-17(8-10-18)12-20-21(25)24(22(26)27-20)13-23-19-11-15(3)5-6-16(19)4/h5-12,14,23H,13H2,1-4H3. The number of hydrogen-bond acceptors (Lipinski definition) is 4. The van der Waals surface area contributed by atoms with Crippen molar-refractivity contribution in [2.75, 3.05) is 12.0 Å². The Morgan fingerprint density at radius 2 is 1.85 bits per heavy atom. The van der Waals surface area contributed by atoms with E-state index in [4.69, 9.17) is 12.2 Å². The number of carbonyl (C=O) groups excluding carboxylic acids is 1. The third-order valence-corrected chi connectivity index (χ3v) is 5.97. The first-order valence-corrected chi connectivity index (χ1v) is 10.2. The molecule has 1 saturated heterocycles. The van der Waals surface area contributed by atoms with Crippen molar-refractivity contribution in [2.24, 2.45) is 0 Å². The van der Waals surface area contributed by atoms with Crippen LogP contribution in [0.5, 0.6) is 0 Å². The summed E-state index contributed by atoms with van der Waals surface area (Å²) in [7, 11) is 0. The summed E-state index contributed by atoms with van der Waals surface area (Å²) in [6.07, 6.45) is 1.92. The van der Waals surface area contributed by atoms with E-state index in [0.29, 0.717) is 21.8 Å². The Hall–Kier alpha value is -2.11. The molecule has 0 aromatic heterocycles. The highest BCUT2D eigenvalue weighted by molar-refractivity contribution is 8.26. The molecule has 2 aromatic carbocycles. The van der Waals surface area contributed by atoms with Gasteiger partial charge in [0.15, 0.2) is 0 Å². The quantitative estimate of drug-likeness (QED) is 0.519. The smallest absolute Gasteiger partial charge is 0.267 e. The molecule has 5 heteroatoms. The fourth-order valence-electron chi connectivity index (χ4n) is 2.86. The first-order valence-electron chi connectivity index (χ1n) is 9.01. The fraction of sp³-hybridized carbons (Fsp3) is 0.273. The van der Waals surface area contributed by atoms with Gasteiger partial charge in [0.25, 0.3) is 5.91 Å². The molecule has 0 aliphatic carbocycles. The summed E-state index contributed by atoms with van der Waals surface area (Å²) in [5.74, 6) is 0.448. The van der Waals surface area contributed by atoms with Gasteiger partial charge in [-0.25, -0.2) is 0 Å². The highest BCUT2D eigenvalue weighted by Crippen LogP contribution is 2.32. The third kappa shape index (κ3) is 4.60. The molecule has 0 saturated carbocycles. The van der Waals surface area contributed by atoms with Crippen molar-refractivity contribution < 1.29 is 4.79 Å². The van der Waals surface area contributed by atoms with Crippen LogP contribution < -0.4 is 5.32 Å². The molecule has 0 unspecified atom stereocenters. The molecule has 0 spiro atoms. The van der Waals surface area contributed by atoms with Gasteiger partial charge in [-0.3, -0.25) is 9.69 Å². The zero-order valence-electron chi connectivity index (χ0n) is 16.1. The molecular formula is C22H24N2OS2. The van der Waals surface area contributed by atoms with Crippen molar-refractivity contribution >= 4 is 46.0 Å². The van der Waals surface area contributed by atoms with E-state index in [2.05, 4.69) is 68.6 Å². The van der Waals surface area contributed by atoms with Gasteiger partial charge in [-0.1, -0.05) is 74.2 Å². The Labute approximate surface area is 170 Å². The topological polar surface area (TPSA) is 32.3 Å². The van der Waals surface area contributed by atoms with Crippen LogP contribution in [0, 0.1) is 13.8 Å². The Bertz CT molecular complexity index is 901. The number of thiocarbonyl (C=S) groups is 1. The zero-order valence-corrected chi connectivity index (χ0v) is 17.7. The molecule has 1 aliphatic heterocycles. The van der Waals surface area contributed by atoms with Gasteiger partial charge in [-0.2, -0.15) is 0 Å². The number of amides is 1. The molecule has 0 atom stereocenters. The molecule has 140 valence electrons. The second kappa shape index (κ2) is 8.28. The summed E-state index contributed by atoms with van der Waals surface area (Å²) in [6.45, 7) is 8.81. The Balaban J connectivity index is 1.71. The molecule has 3 rings (SSSR count). The first kappa shape index (κ1) is 19.6. The van der Waals surface area contributed by atoms with Gasteiger partial charge >= 0.3 is 0 Å². The first-order chi connectivity index (χ1) is 12.8. The number of nitrogens with one attached hydrogen (secondary N) is 1. The monoisotopic (exact) mass is 396 g/mol. The number of thioether (sulfide) groups is 1. The molecule has 1 amide bonds. The maximum absolute atomic E-state index is 12.8. The van der Waals surface area contributed by atoms with E-state index in [9.17, 15) is 4.79 Å². The van der Waals surface area contributed by atoms with Crippen LogP contribution in [0.3, 0.4) is 0 Å². The second-order valence-electron chi connectivity index (χ2n) is 7.08. The molecule has 1 N–H and O–H groups in total. The van der Waals surface area contributed by atoms with Gasteiger partial charge < -0.3 is 5.32 Å². The van der Waals surface area contributed by atoms with Crippen molar-refractivity contribution in [3.8, 4) is 0 Å². The molecule has 1 fully saturated rings. The maximum atomic E-state index is 12.8. The van der Waals surface area contributed by atoms with Crippen molar-refractivity contribution in [1.29, 1.82) is 0 Å². The normalized spacial score (nSPS) is 15.9. The molecular weight excluding hydrogens is 372 g/mol. The zero-order chi connectivity index (χ0) is 19.6. The highest BCUT2D eigenvalue weighted by Gasteiger charge is 2.31. The van der Waals surface area contributed by atoms with Crippen LogP contribution in [0.1, 0.15) is 42.0 Å². The van der Waals surface area contributed by atoms with Crippen LogP contribution in [-0.2, 0) is 4.79 Å². The van der Waals surface area contributed by atoms with E-state index in [1.165, 1.54) is 22.9 Å². The van der Waals surface area contributed by atoms with Crippen LogP contribution in [0.15, 0.2) is 47.4 Å². The maximum Gasteiger partial charge on any atom is 0.267 e. The van der Waals surface area contributed by atoms with E-state index in [1.807, 2.05) is 13.0 Å².